The van der Waals surface area contributed by atoms with Gasteiger partial charge in [-0.05, 0) is 54.4 Å². The van der Waals surface area contributed by atoms with Crippen molar-refractivity contribution in [2.45, 2.75) is 57.4 Å². The number of aliphatic hydroxyl groups is 1. The molecule has 0 unspecified atom stereocenters. The van der Waals surface area contributed by atoms with E-state index in [1.807, 2.05) is 6.92 Å². The molecule has 2 aliphatic rings. The van der Waals surface area contributed by atoms with E-state index in [1.54, 1.807) is 12.3 Å². The lowest BCUT2D eigenvalue weighted by Gasteiger charge is -2.37. The quantitative estimate of drug-likeness (QED) is 0.556. The van der Waals surface area contributed by atoms with Crippen LogP contribution >= 0.6 is 0 Å². The molecule has 3 aromatic rings. The zero-order chi connectivity index (χ0) is 25.0. The lowest BCUT2D eigenvalue weighted by Crippen LogP contribution is -2.40. The van der Waals surface area contributed by atoms with Crippen molar-refractivity contribution < 1.29 is 18.7 Å². The number of nitrogens with one attached hydrogen (secondary N) is 1. The van der Waals surface area contributed by atoms with Crippen LogP contribution in [-0.2, 0) is 5.41 Å². The van der Waals surface area contributed by atoms with Gasteiger partial charge >= 0.3 is 0 Å². The minimum Gasteiger partial charge on any atom is -0.394 e. The van der Waals surface area contributed by atoms with Gasteiger partial charge in [0, 0.05) is 6.20 Å². The standard InChI is InChI=1S/C26H27F2N5O2/c1-4-14(13-34)30-24(35)20-11-29-12-21(31-20)26-9-8-16(25(26,2)3)15-10-19(32-33-23(15)26)22-17(27)6-5-7-18(22)28/h5-7,10-12,14,16,34H,4,8-9,13H2,1-3H3,(H,30,35)/t14-,16-,26-/m0/s1. The number of nitrogens with zero attached hydrogens (tertiary/aromatic N) is 4. The molecule has 1 aromatic carbocycles. The Kier molecular flexibility index (Phi) is 5.62. The predicted octanol–water partition coefficient (Wildman–Crippen LogP) is 3.92. The summed E-state index contributed by atoms with van der Waals surface area (Å²) in [5.41, 5.74) is 1.39. The van der Waals surface area contributed by atoms with Gasteiger partial charge in [-0.2, -0.15) is 5.10 Å². The van der Waals surface area contributed by atoms with E-state index in [-0.39, 0.29) is 40.9 Å². The summed E-state index contributed by atoms with van der Waals surface area (Å²) in [4.78, 5) is 21.8. The molecule has 5 rings (SSSR count). The van der Waals surface area contributed by atoms with Crippen LogP contribution in [0, 0.1) is 17.0 Å². The number of hydrogen-bond acceptors (Lipinski definition) is 6. The zero-order valence-corrected chi connectivity index (χ0v) is 19.8. The molecule has 3 atom stereocenters. The van der Waals surface area contributed by atoms with E-state index >= 15 is 0 Å². The summed E-state index contributed by atoms with van der Waals surface area (Å²) in [6, 6.07) is 5.11. The van der Waals surface area contributed by atoms with E-state index in [9.17, 15) is 18.7 Å². The first kappa shape index (κ1) is 23.4. The summed E-state index contributed by atoms with van der Waals surface area (Å²) >= 11 is 0. The fourth-order valence-electron chi connectivity index (χ4n) is 5.97. The Balaban J connectivity index is 1.60. The van der Waals surface area contributed by atoms with Crippen molar-refractivity contribution in [1.29, 1.82) is 0 Å². The van der Waals surface area contributed by atoms with Gasteiger partial charge in [-0.25, -0.2) is 13.8 Å². The number of hydrogen-bond donors (Lipinski definition) is 2. The Morgan fingerprint density at radius 2 is 1.97 bits per heavy atom. The minimum atomic E-state index is -0.686. The van der Waals surface area contributed by atoms with Gasteiger partial charge in [0.25, 0.3) is 5.91 Å². The zero-order valence-electron chi connectivity index (χ0n) is 19.8. The van der Waals surface area contributed by atoms with Crippen LogP contribution in [0.1, 0.15) is 73.4 Å². The van der Waals surface area contributed by atoms with Crippen LogP contribution in [0.2, 0.25) is 0 Å². The van der Waals surface area contributed by atoms with Crippen molar-refractivity contribution in [3.05, 3.63) is 70.9 Å². The third-order valence-electron chi connectivity index (χ3n) is 7.95. The van der Waals surface area contributed by atoms with Gasteiger partial charge in [0.15, 0.2) is 0 Å². The molecule has 2 aromatic heterocycles. The van der Waals surface area contributed by atoms with Crippen LogP contribution in [0.4, 0.5) is 8.78 Å². The van der Waals surface area contributed by atoms with E-state index in [0.717, 1.165) is 18.4 Å². The van der Waals surface area contributed by atoms with E-state index in [2.05, 4.69) is 34.3 Å². The molecule has 7 nitrogen and oxygen atoms in total. The molecule has 2 heterocycles. The molecule has 1 saturated carbocycles. The lowest BCUT2D eigenvalue weighted by atomic mass is 9.66. The van der Waals surface area contributed by atoms with Crippen molar-refractivity contribution in [1.82, 2.24) is 25.5 Å². The smallest absolute Gasteiger partial charge is 0.271 e. The van der Waals surface area contributed by atoms with Crippen molar-refractivity contribution in [3.8, 4) is 11.3 Å². The Labute approximate surface area is 202 Å². The van der Waals surface area contributed by atoms with Crippen LogP contribution in [0.15, 0.2) is 36.7 Å². The van der Waals surface area contributed by atoms with E-state index in [0.29, 0.717) is 17.8 Å². The number of halogens is 2. The maximum absolute atomic E-state index is 14.5. The number of benzene rings is 1. The third kappa shape index (κ3) is 3.36. The van der Waals surface area contributed by atoms with Gasteiger partial charge in [-0.15, -0.1) is 5.10 Å². The Morgan fingerprint density at radius 1 is 1.23 bits per heavy atom. The maximum atomic E-state index is 14.5. The van der Waals surface area contributed by atoms with Gasteiger partial charge in [-0.3, -0.25) is 9.78 Å². The molecule has 0 aliphatic heterocycles. The SMILES string of the molecule is CC[C@@H](CO)NC(=O)c1cncc([C@@]23CC[C@@H](c4cc(-c5c(F)cccc5F)nnc42)C3(C)C)n1. The van der Waals surface area contributed by atoms with E-state index in [4.69, 9.17) is 4.98 Å². The summed E-state index contributed by atoms with van der Waals surface area (Å²) < 4.78 is 28.9. The van der Waals surface area contributed by atoms with Gasteiger partial charge in [0.05, 0.1) is 46.9 Å². The minimum absolute atomic E-state index is 0.0831. The van der Waals surface area contributed by atoms with Gasteiger partial charge in [-0.1, -0.05) is 26.8 Å². The van der Waals surface area contributed by atoms with Crippen LogP contribution < -0.4 is 5.32 Å². The number of carbonyl (C=O) groups excluding carboxylic acids is 1. The van der Waals surface area contributed by atoms with Crippen molar-refractivity contribution in [2.75, 3.05) is 6.61 Å². The summed E-state index contributed by atoms with van der Waals surface area (Å²) in [6.45, 7) is 5.97. The maximum Gasteiger partial charge on any atom is 0.271 e. The summed E-state index contributed by atoms with van der Waals surface area (Å²) in [7, 11) is 0. The first-order chi connectivity index (χ1) is 16.7. The van der Waals surface area contributed by atoms with E-state index in [1.165, 1.54) is 24.4 Å². The monoisotopic (exact) mass is 479 g/mol. The number of amides is 1. The highest BCUT2D eigenvalue weighted by Crippen LogP contribution is 2.69. The molecule has 9 heteroatoms. The third-order valence-corrected chi connectivity index (χ3v) is 7.95. The number of aliphatic hydroxyl groups excluding tert-OH is 1. The summed E-state index contributed by atoms with van der Waals surface area (Å²) in [6.07, 6.45) is 5.23. The molecule has 1 amide bonds. The Bertz CT molecular complexity index is 1290. The molecule has 2 aliphatic carbocycles. The number of carbonyl (C=O) groups is 1. The predicted molar refractivity (Wildman–Crippen MR) is 125 cm³/mol. The van der Waals surface area contributed by atoms with Crippen molar-refractivity contribution >= 4 is 5.91 Å². The Morgan fingerprint density at radius 3 is 2.66 bits per heavy atom. The van der Waals surface area contributed by atoms with Crippen LogP contribution in [0.5, 0.6) is 0 Å². The lowest BCUT2D eigenvalue weighted by molar-refractivity contribution is 0.0908. The molecule has 2 bridgehead atoms. The second-order valence-corrected chi connectivity index (χ2v) is 9.90. The fraction of sp³-hybridized carbons (Fsp3) is 0.423. The topological polar surface area (TPSA) is 101 Å². The highest BCUT2D eigenvalue weighted by molar-refractivity contribution is 5.92. The summed E-state index contributed by atoms with van der Waals surface area (Å²) in [5, 5.41) is 21.0. The van der Waals surface area contributed by atoms with Gasteiger partial charge in [0.1, 0.15) is 17.3 Å². The van der Waals surface area contributed by atoms with Crippen molar-refractivity contribution in [3.63, 3.8) is 0 Å². The summed E-state index contributed by atoms with van der Waals surface area (Å²) in [5.74, 6) is -1.69. The number of rotatable bonds is 6. The highest BCUT2D eigenvalue weighted by atomic mass is 19.1. The molecule has 0 saturated heterocycles. The second kappa shape index (κ2) is 8.41. The molecule has 182 valence electrons. The van der Waals surface area contributed by atoms with Gasteiger partial charge < -0.3 is 10.4 Å². The second-order valence-electron chi connectivity index (χ2n) is 9.90. The number of fused-ring (bicyclic) bond motifs is 5. The van der Waals surface area contributed by atoms with Crippen LogP contribution in [0.25, 0.3) is 11.3 Å². The van der Waals surface area contributed by atoms with Crippen molar-refractivity contribution in [2.24, 2.45) is 5.41 Å². The van der Waals surface area contributed by atoms with Crippen LogP contribution in [0.3, 0.4) is 0 Å². The molecule has 2 N–H and O–H groups in total. The molecule has 1 fully saturated rings. The average molecular weight is 480 g/mol. The normalized spacial score (nSPS) is 22.6. The molecule has 0 radical (unpaired) electrons. The molecular formula is C26H27F2N5O2. The molecular weight excluding hydrogens is 452 g/mol. The fourth-order valence-corrected chi connectivity index (χ4v) is 5.97. The van der Waals surface area contributed by atoms with Gasteiger partial charge in [0.2, 0.25) is 0 Å². The first-order valence-electron chi connectivity index (χ1n) is 11.8. The van der Waals surface area contributed by atoms with Crippen LogP contribution in [-0.4, -0.2) is 43.8 Å². The Hall–Kier alpha value is -3.33. The number of aromatic nitrogens is 4. The first-order valence-corrected chi connectivity index (χ1v) is 11.8. The molecule has 35 heavy (non-hydrogen) atoms. The highest BCUT2D eigenvalue weighted by Gasteiger charge is 2.65. The largest absolute Gasteiger partial charge is 0.394 e. The average Bonchev–Trinajstić information content (AvgIpc) is 3.23. The van der Waals surface area contributed by atoms with E-state index < -0.39 is 23.0 Å². The molecule has 0 spiro atoms.